The molecule has 0 spiro atoms. The maximum Gasteiger partial charge on any atom is 0.494 e. The Balaban J connectivity index is 0.000000265. The van der Waals surface area contributed by atoms with Crippen LogP contribution in [0.3, 0.4) is 0 Å². The summed E-state index contributed by atoms with van der Waals surface area (Å²) >= 11 is 3.49. The Morgan fingerprint density at radius 1 is 0.517 bits per heavy atom. The summed E-state index contributed by atoms with van der Waals surface area (Å²) in [5.74, 6) is 0.566. The van der Waals surface area contributed by atoms with E-state index in [4.69, 9.17) is 9.31 Å². The standard InChI is InChI=1S/C27H39BN2O3.C21H27BrN2O.2CH4/c1-7-20(2)25(31)21-8-12-23(13-9-21)29-16-18-30(19-17-29)24-14-10-22(11-15-24)28-32-26(3,4)27(5,6)33-28;1-3-16(2)21(25)17-4-8-19(9-5-17)23-12-14-24(15-13-23)20-10-6-18(22)7-11-20;;/h8-15,20,25,31H,7,16-19H2,1-6H3;4-11,16,21,25H,3,12-15H2,1-2H3;2*1H4. The smallest absolute Gasteiger partial charge is 0.399 e. The van der Waals surface area contributed by atoms with Crippen molar-refractivity contribution in [3.05, 3.63) is 113 Å². The number of aliphatic hydroxyl groups excluding tert-OH is 2. The van der Waals surface area contributed by atoms with Crippen LogP contribution >= 0.6 is 15.9 Å². The van der Waals surface area contributed by atoms with Gasteiger partial charge in [-0.1, -0.05) is 108 Å². The van der Waals surface area contributed by atoms with Crippen molar-refractivity contribution < 1.29 is 19.5 Å². The van der Waals surface area contributed by atoms with Crippen LogP contribution in [0.4, 0.5) is 22.7 Å². The summed E-state index contributed by atoms with van der Waals surface area (Å²) in [4.78, 5) is 9.72. The molecule has 0 saturated carbocycles. The monoisotopic (exact) mass is 884 g/mol. The van der Waals surface area contributed by atoms with E-state index in [0.717, 1.165) is 86.3 Å². The third-order valence-corrected chi connectivity index (χ3v) is 13.6. The zero-order chi connectivity index (χ0) is 41.6. The van der Waals surface area contributed by atoms with Crippen molar-refractivity contribution in [2.45, 2.75) is 106 Å². The fraction of sp³-hybridized carbons (Fsp3) is 0.520. The van der Waals surface area contributed by atoms with Gasteiger partial charge in [0.1, 0.15) is 0 Å². The third-order valence-electron chi connectivity index (χ3n) is 13.1. The number of nitrogens with zero attached hydrogens (tertiary/aromatic N) is 4. The molecule has 3 aliphatic rings. The molecule has 2 N–H and O–H groups in total. The van der Waals surface area contributed by atoms with Gasteiger partial charge in [0.25, 0.3) is 0 Å². The summed E-state index contributed by atoms with van der Waals surface area (Å²) in [5.41, 5.74) is 7.45. The molecule has 4 aromatic rings. The van der Waals surface area contributed by atoms with Crippen molar-refractivity contribution in [1.29, 1.82) is 0 Å². The first-order valence-corrected chi connectivity index (χ1v) is 22.3. The molecule has 0 radical (unpaired) electrons. The molecule has 3 fully saturated rings. The normalized spacial score (nSPS) is 19.3. The largest absolute Gasteiger partial charge is 0.494 e. The molecule has 4 atom stereocenters. The highest BCUT2D eigenvalue weighted by Crippen LogP contribution is 2.37. The number of hydrogen-bond acceptors (Lipinski definition) is 8. The zero-order valence-corrected chi connectivity index (χ0v) is 37.7. The van der Waals surface area contributed by atoms with Gasteiger partial charge in [-0.15, -0.1) is 0 Å². The highest BCUT2D eigenvalue weighted by Gasteiger charge is 2.51. The predicted octanol–water partition coefficient (Wildman–Crippen LogP) is 10.5. The predicted molar refractivity (Wildman–Crippen MR) is 260 cm³/mol. The summed E-state index contributed by atoms with van der Waals surface area (Å²) in [6.45, 7) is 24.8. The molecule has 4 aromatic carbocycles. The minimum absolute atomic E-state index is 0. The second kappa shape index (κ2) is 21.5. The summed E-state index contributed by atoms with van der Waals surface area (Å²) in [5, 5.41) is 20.8. The number of rotatable bonds is 11. The van der Waals surface area contributed by atoms with Crippen molar-refractivity contribution in [1.82, 2.24) is 0 Å². The molecule has 3 heterocycles. The first-order chi connectivity index (χ1) is 27.7. The third kappa shape index (κ3) is 11.7. The molecule has 3 saturated heterocycles. The fourth-order valence-electron chi connectivity index (χ4n) is 7.79. The SMILES string of the molecule is C.C.CCC(C)C(O)c1ccc(N2CCN(c3ccc(B4OC(C)(C)C(C)(C)O4)cc3)CC2)cc1.CCC(C)C(O)c1ccc(N2CCN(c3ccc(Br)cc3)CC2)cc1. The summed E-state index contributed by atoms with van der Waals surface area (Å²) in [6, 6.07) is 34.1. The Morgan fingerprint density at radius 3 is 1.07 bits per heavy atom. The Hall–Kier alpha value is -3.54. The van der Waals surface area contributed by atoms with Crippen LogP contribution in [0.5, 0.6) is 0 Å². The molecule has 0 aromatic heterocycles. The molecule has 8 nitrogen and oxygen atoms in total. The second-order valence-corrected chi connectivity index (χ2v) is 18.4. The van der Waals surface area contributed by atoms with E-state index in [0.29, 0.717) is 5.92 Å². The molecule has 0 aliphatic carbocycles. The fourth-order valence-corrected chi connectivity index (χ4v) is 8.05. The molecule has 3 aliphatic heterocycles. The van der Waals surface area contributed by atoms with E-state index in [2.05, 4.69) is 188 Å². The van der Waals surface area contributed by atoms with Crippen LogP contribution < -0.4 is 25.1 Å². The molecule has 328 valence electrons. The van der Waals surface area contributed by atoms with Gasteiger partial charge in [0, 0.05) is 79.6 Å². The van der Waals surface area contributed by atoms with Crippen molar-refractivity contribution in [3.63, 3.8) is 0 Å². The van der Waals surface area contributed by atoms with Crippen molar-refractivity contribution >= 4 is 51.3 Å². The Kier molecular flexibility index (Phi) is 17.6. The van der Waals surface area contributed by atoms with E-state index in [1.807, 2.05) is 0 Å². The summed E-state index contributed by atoms with van der Waals surface area (Å²) in [7, 11) is -0.317. The second-order valence-electron chi connectivity index (χ2n) is 17.4. The maximum absolute atomic E-state index is 10.5. The van der Waals surface area contributed by atoms with Gasteiger partial charge in [0.05, 0.1) is 23.4 Å². The summed E-state index contributed by atoms with van der Waals surface area (Å²) < 4.78 is 13.5. The molecule has 0 bridgehead atoms. The van der Waals surface area contributed by atoms with E-state index >= 15 is 0 Å². The number of benzene rings is 4. The van der Waals surface area contributed by atoms with Gasteiger partial charge in [-0.3, -0.25) is 0 Å². The molecule has 0 amide bonds. The number of hydrogen-bond donors (Lipinski definition) is 2. The Morgan fingerprint density at radius 2 is 0.783 bits per heavy atom. The van der Waals surface area contributed by atoms with Crippen LogP contribution in [0.1, 0.15) is 106 Å². The molecule has 7 rings (SSSR count). The van der Waals surface area contributed by atoms with Crippen molar-refractivity contribution in [3.8, 4) is 0 Å². The lowest BCUT2D eigenvalue weighted by atomic mass is 9.79. The molecule has 60 heavy (non-hydrogen) atoms. The van der Waals surface area contributed by atoms with Gasteiger partial charge in [-0.25, -0.2) is 0 Å². The van der Waals surface area contributed by atoms with Crippen LogP contribution in [0, 0.1) is 11.8 Å². The van der Waals surface area contributed by atoms with Crippen LogP contribution in [0.2, 0.25) is 0 Å². The number of anilines is 4. The van der Waals surface area contributed by atoms with Gasteiger partial charge in [0.2, 0.25) is 0 Å². The van der Waals surface area contributed by atoms with Gasteiger partial charge in [0.15, 0.2) is 0 Å². The average Bonchev–Trinajstić information content (AvgIpc) is 3.48. The van der Waals surface area contributed by atoms with Gasteiger partial charge in [-0.2, -0.15) is 0 Å². The number of piperazine rings is 2. The van der Waals surface area contributed by atoms with Crippen LogP contribution in [-0.4, -0.2) is 80.9 Å². The highest BCUT2D eigenvalue weighted by molar-refractivity contribution is 9.10. The lowest BCUT2D eigenvalue weighted by molar-refractivity contribution is 0.00578. The molecular formula is C50H74BBrN4O4. The summed E-state index contributed by atoms with van der Waals surface area (Å²) in [6.07, 6.45) is 1.21. The minimum atomic E-state index is -0.388. The van der Waals surface area contributed by atoms with E-state index in [9.17, 15) is 10.2 Å². The van der Waals surface area contributed by atoms with Crippen LogP contribution in [0.25, 0.3) is 0 Å². The van der Waals surface area contributed by atoms with Crippen molar-refractivity contribution in [2.75, 3.05) is 72.0 Å². The first-order valence-electron chi connectivity index (χ1n) is 21.5. The Bertz CT molecular complexity index is 1840. The topological polar surface area (TPSA) is 71.9 Å². The first kappa shape index (κ1) is 49.1. The molecular weight excluding hydrogens is 811 g/mol. The highest BCUT2D eigenvalue weighted by atomic mass is 79.9. The lowest BCUT2D eigenvalue weighted by Crippen LogP contribution is -2.46. The molecule has 10 heteroatoms. The van der Waals surface area contributed by atoms with Crippen molar-refractivity contribution in [2.24, 2.45) is 11.8 Å². The average molecular weight is 886 g/mol. The van der Waals surface area contributed by atoms with Crippen LogP contribution in [0.15, 0.2) is 102 Å². The maximum atomic E-state index is 10.5. The Labute approximate surface area is 372 Å². The van der Waals surface area contributed by atoms with E-state index in [-0.39, 0.29) is 51.3 Å². The van der Waals surface area contributed by atoms with Gasteiger partial charge < -0.3 is 39.1 Å². The van der Waals surface area contributed by atoms with Gasteiger partial charge >= 0.3 is 7.12 Å². The number of halogens is 1. The molecule has 4 unspecified atom stereocenters. The van der Waals surface area contributed by atoms with E-state index in [1.54, 1.807) is 0 Å². The quantitative estimate of drug-likeness (QED) is 0.144. The van der Waals surface area contributed by atoms with Gasteiger partial charge in [-0.05, 0) is 117 Å². The minimum Gasteiger partial charge on any atom is -0.399 e. The van der Waals surface area contributed by atoms with E-state index in [1.165, 1.54) is 22.7 Å². The van der Waals surface area contributed by atoms with E-state index < -0.39 is 0 Å². The lowest BCUT2D eigenvalue weighted by Gasteiger charge is -2.37. The number of aliphatic hydroxyl groups is 2. The van der Waals surface area contributed by atoms with Crippen LogP contribution in [-0.2, 0) is 9.31 Å². The zero-order valence-electron chi connectivity index (χ0n) is 36.1.